The first-order chi connectivity index (χ1) is 9.86. The third-order valence-electron chi connectivity index (χ3n) is 4.15. The molecule has 1 saturated carbocycles. The van der Waals surface area contributed by atoms with Crippen LogP contribution in [0.1, 0.15) is 24.8 Å². The fourth-order valence-electron chi connectivity index (χ4n) is 2.53. The van der Waals surface area contributed by atoms with Gasteiger partial charge in [0, 0.05) is 19.7 Å². The van der Waals surface area contributed by atoms with Crippen LogP contribution in [0.3, 0.4) is 0 Å². The Morgan fingerprint density at radius 3 is 2.80 bits per heavy atom. The van der Waals surface area contributed by atoms with E-state index in [-0.39, 0.29) is 0 Å². The van der Waals surface area contributed by atoms with Gasteiger partial charge in [0.2, 0.25) is 0 Å². The summed E-state index contributed by atoms with van der Waals surface area (Å²) in [6, 6.07) is 10.4. The van der Waals surface area contributed by atoms with Crippen molar-refractivity contribution in [2.24, 2.45) is 10.4 Å². The summed E-state index contributed by atoms with van der Waals surface area (Å²) in [6.45, 7) is 4.45. The zero-order valence-corrected chi connectivity index (χ0v) is 11.9. The molecule has 0 atom stereocenters. The molecule has 0 spiro atoms. The molecule has 4 heteroatoms. The Morgan fingerprint density at radius 1 is 1.25 bits per heavy atom. The highest BCUT2D eigenvalue weighted by molar-refractivity contribution is 5.81. The lowest BCUT2D eigenvalue weighted by Crippen LogP contribution is -2.37. The summed E-state index contributed by atoms with van der Waals surface area (Å²) in [5.41, 5.74) is 1.70. The van der Waals surface area contributed by atoms with Gasteiger partial charge in [-0.25, -0.2) is 0 Å². The molecule has 1 fully saturated rings. The fraction of sp³-hybridized carbons (Fsp3) is 0.562. The van der Waals surface area contributed by atoms with E-state index >= 15 is 0 Å². The lowest BCUT2D eigenvalue weighted by atomic mass is 10.0. The number of benzene rings is 1. The zero-order valence-electron chi connectivity index (χ0n) is 11.9. The lowest BCUT2D eigenvalue weighted by molar-refractivity contribution is 0.104. The van der Waals surface area contributed by atoms with Crippen LogP contribution in [-0.4, -0.2) is 32.2 Å². The van der Waals surface area contributed by atoms with E-state index in [1.165, 1.54) is 18.4 Å². The van der Waals surface area contributed by atoms with Gasteiger partial charge in [-0.2, -0.15) is 0 Å². The van der Waals surface area contributed by atoms with Crippen molar-refractivity contribution in [1.82, 2.24) is 10.6 Å². The van der Waals surface area contributed by atoms with E-state index in [1.54, 1.807) is 0 Å². The SMILES string of the molecule is c1ccc(COCCC2(CNC3=NCCN3)CC2)cc1. The van der Waals surface area contributed by atoms with Crippen molar-refractivity contribution >= 4 is 5.96 Å². The molecule has 0 saturated heterocycles. The van der Waals surface area contributed by atoms with E-state index in [0.29, 0.717) is 5.41 Å². The molecule has 1 heterocycles. The lowest BCUT2D eigenvalue weighted by Gasteiger charge is -2.17. The van der Waals surface area contributed by atoms with Crippen molar-refractivity contribution in [2.75, 3.05) is 26.2 Å². The van der Waals surface area contributed by atoms with Gasteiger partial charge in [0.05, 0.1) is 13.2 Å². The fourth-order valence-corrected chi connectivity index (χ4v) is 2.53. The molecule has 108 valence electrons. The molecule has 4 nitrogen and oxygen atoms in total. The number of aliphatic imine (C=N–C) groups is 1. The van der Waals surface area contributed by atoms with Crippen LogP contribution in [0.25, 0.3) is 0 Å². The minimum absolute atomic E-state index is 0.448. The Hall–Kier alpha value is -1.55. The molecule has 0 aromatic heterocycles. The Labute approximate surface area is 120 Å². The Kier molecular flexibility index (Phi) is 4.21. The van der Waals surface area contributed by atoms with Gasteiger partial charge in [-0.1, -0.05) is 30.3 Å². The zero-order chi connectivity index (χ0) is 13.7. The molecule has 2 N–H and O–H groups in total. The minimum Gasteiger partial charge on any atom is -0.377 e. The predicted molar refractivity (Wildman–Crippen MR) is 80.7 cm³/mol. The van der Waals surface area contributed by atoms with Gasteiger partial charge >= 0.3 is 0 Å². The quantitative estimate of drug-likeness (QED) is 0.746. The van der Waals surface area contributed by atoms with Gasteiger partial charge in [-0.3, -0.25) is 4.99 Å². The van der Waals surface area contributed by atoms with Gasteiger partial charge in [-0.15, -0.1) is 0 Å². The standard InChI is InChI=1S/C16H23N3O/c1-2-4-14(5-3-1)12-20-11-8-16(6-7-16)13-19-15-17-9-10-18-15/h1-5H,6-13H2,(H2,17,18,19). The van der Waals surface area contributed by atoms with E-state index in [1.807, 2.05) is 6.07 Å². The highest BCUT2D eigenvalue weighted by Crippen LogP contribution is 2.48. The van der Waals surface area contributed by atoms with Crippen LogP contribution in [0.15, 0.2) is 35.3 Å². The van der Waals surface area contributed by atoms with Crippen LogP contribution in [-0.2, 0) is 11.3 Å². The Balaban J connectivity index is 1.33. The third kappa shape index (κ3) is 3.73. The predicted octanol–water partition coefficient (Wildman–Crippen LogP) is 1.92. The number of rotatable bonds is 7. The van der Waals surface area contributed by atoms with Crippen LogP contribution >= 0.6 is 0 Å². The average Bonchev–Trinajstić information content (AvgIpc) is 3.06. The summed E-state index contributed by atoms with van der Waals surface area (Å²) in [7, 11) is 0. The molecular weight excluding hydrogens is 250 g/mol. The largest absolute Gasteiger partial charge is 0.377 e. The third-order valence-corrected chi connectivity index (χ3v) is 4.15. The number of guanidine groups is 1. The van der Waals surface area contributed by atoms with Crippen LogP contribution in [0, 0.1) is 5.41 Å². The highest BCUT2D eigenvalue weighted by atomic mass is 16.5. The van der Waals surface area contributed by atoms with Gasteiger partial charge < -0.3 is 15.4 Å². The molecule has 0 amide bonds. The van der Waals surface area contributed by atoms with E-state index in [0.717, 1.165) is 45.2 Å². The van der Waals surface area contributed by atoms with E-state index in [4.69, 9.17) is 4.74 Å². The summed E-state index contributed by atoms with van der Waals surface area (Å²) in [5.74, 6) is 0.974. The molecule has 2 aliphatic rings. The molecular formula is C16H23N3O. The summed E-state index contributed by atoms with van der Waals surface area (Å²) in [6.07, 6.45) is 3.75. The first-order valence-electron chi connectivity index (χ1n) is 7.50. The van der Waals surface area contributed by atoms with Gasteiger partial charge in [0.15, 0.2) is 5.96 Å². The first-order valence-corrected chi connectivity index (χ1v) is 7.50. The molecule has 0 bridgehead atoms. The van der Waals surface area contributed by atoms with E-state index in [2.05, 4.69) is 39.9 Å². The minimum atomic E-state index is 0.448. The summed E-state index contributed by atoms with van der Waals surface area (Å²) in [4.78, 5) is 4.37. The summed E-state index contributed by atoms with van der Waals surface area (Å²) >= 11 is 0. The molecule has 1 aliphatic carbocycles. The average molecular weight is 273 g/mol. The highest BCUT2D eigenvalue weighted by Gasteiger charge is 2.42. The van der Waals surface area contributed by atoms with Crippen LogP contribution < -0.4 is 10.6 Å². The maximum Gasteiger partial charge on any atom is 0.191 e. The smallest absolute Gasteiger partial charge is 0.191 e. The van der Waals surface area contributed by atoms with E-state index < -0.39 is 0 Å². The van der Waals surface area contributed by atoms with Gasteiger partial charge in [0.1, 0.15) is 0 Å². The number of nitrogens with zero attached hydrogens (tertiary/aromatic N) is 1. The molecule has 1 aromatic carbocycles. The number of hydrogen-bond acceptors (Lipinski definition) is 4. The maximum absolute atomic E-state index is 5.79. The topological polar surface area (TPSA) is 45.6 Å². The van der Waals surface area contributed by atoms with Crippen LogP contribution in [0.4, 0.5) is 0 Å². The molecule has 1 aromatic rings. The number of nitrogens with one attached hydrogen (secondary N) is 2. The van der Waals surface area contributed by atoms with Crippen molar-refractivity contribution in [2.45, 2.75) is 25.9 Å². The molecule has 0 radical (unpaired) electrons. The van der Waals surface area contributed by atoms with E-state index in [9.17, 15) is 0 Å². The normalized spacial score (nSPS) is 19.3. The van der Waals surface area contributed by atoms with Crippen LogP contribution in [0.2, 0.25) is 0 Å². The monoisotopic (exact) mass is 273 g/mol. The van der Waals surface area contributed by atoms with Gasteiger partial charge in [0.25, 0.3) is 0 Å². The maximum atomic E-state index is 5.79. The van der Waals surface area contributed by atoms with Crippen molar-refractivity contribution in [3.63, 3.8) is 0 Å². The molecule has 3 rings (SSSR count). The van der Waals surface area contributed by atoms with Gasteiger partial charge in [-0.05, 0) is 30.2 Å². The van der Waals surface area contributed by atoms with Crippen molar-refractivity contribution < 1.29 is 4.74 Å². The molecule has 1 aliphatic heterocycles. The summed E-state index contributed by atoms with van der Waals surface area (Å²) < 4.78 is 5.79. The Bertz CT molecular complexity index is 454. The second kappa shape index (κ2) is 6.27. The summed E-state index contributed by atoms with van der Waals surface area (Å²) in [5, 5.41) is 6.68. The number of ether oxygens (including phenoxy) is 1. The second-order valence-corrected chi connectivity index (χ2v) is 5.80. The first kappa shape index (κ1) is 13.4. The van der Waals surface area contributed by atoms with Crippen LogP contribution in [0.5, 0.6) is 0 Å². The van der Waals surface area contributed by atoms with Crippen molar-refractivity contribution in [3.05, 3.63) is 35.9 Å². The second-order valence-electron chi connectivity index (χ2n) is 5.80. The van der Waals surface area contributed by atoms with Crippen molar-refractivity contribution in [1.29, 1.82) is 0 Å². The molecule has 0 unspecified atom stereocenters. The Morgan fingerprint density at radius 2 is 2.10 bits per heavy atom. The molecule has 20 heavy (non-hydrogen) atoms. The number of hydrogen-bond donors (Lipinski definition) is 2. The van der Waals surface area contributed by atoms with Crippen molar-refractivity contribution in [3.8, 4) is 0 Å².